The molecule has 2 saturated carbocycles. The summed E-state index contributed by atoms with van der Waals surface area (Å²) in [6, 6.07) is 0. The minimum Gasteiger partial charge on any atom is -0.393 e. The van der Waals surface area contributed by atoms with Gasteiger partial charge < -0.3 is 5.11 Å². The maximum absolute atomic E-state index is 9.66. The zero-order valence-electron chi connectivity index (χ0n) is 9.41. The molecule has 14 heavy (non-hydrogen) atoms. The van der Waals surface area contributed by atoms with Crippen molar-refractivity contribution < 1.29 is 5.11 Å². The molecular weight excluding hydrogens is 172 g/mol. The van der Waals surface area contributed by atoms with E-state index in [4.69, 9.17) is 0 Å². The van der Waals surface area contributed by atoms with Crippen LogP contribution in [0.4, 0.5) is 0 Å². The molecule has 3 atom stereocenters. The van der Waals surface area contributed by atoms with Crippen molar-refractivity contribution in [2.24, 2.45) is 17.8 Å². The Kier molecular flexibility index (Phi) is 3.48. The monoisotopic (exact) mass is 196 g/mol. The number of hydrogen-bond acceptors (Lipinski definition) is 1. The third kappa shape index (κ3) is 2.31. The van der Waals surface area contributed by atoms with E-state index in [0.29, 0.717) is 5.92 Å². The highest BCUT2D eigenvalue weighted by molar-refractivity contribution is 4.82. The molecule has 0 bridgehead atoms. The van der Waals surface area contributed by atoms with E-state index in [0.717, 1.165) is 18.3 Å². The van der Waals surface area contributed by atoms with Crippen molar-refractivity contribution in [3.8, 4) is 0 Å². The fraction of sp³-hybridized carbons (Fsp3) is 1.00. The van der Waals surface area contributed by atoms with Crippen molar-refractivity contribution in [3.63, 3.8) is 0 Å². The molecule has 1 N–H and O–H groups in total. The van der Waals surface area contributed by atoms with Crippen LogP contribution in [0.1, 0.15) is 58.3 Å². The normalized spacial score (nSPS) is 39.4. The summed E-state index contributed by atoms with van der Waals surface area (Å²) >= 11 is 0. The van der Waals surface area contributed by atoms with E-state index in [2.05, 4.69) is 6.92 Å². The Morgan fingerprint density at radius 2 is 1.71 bits per heavy atom. The number of aliphatic hydroxyl groups excluding tert-OH is 1. The largest absolute Gasteiger partial charge is 0.393 e. The van der Waals surface area contributed by atoms with Gasteiger partial charge in [-0.15, -0.1) is 0 Å². The highest BCUT2D eigenvalue weighted by atomic mass is 16.3. The van der Waals surface area contributed by atoms with Crippen molar-refractivity contribution in [2.75, 3.05) is 0 Å². The van der Waals surface area contributed by atoms with E-state index in [9.17, 15) is 5.11 Å². The zero-order chi connectivity index (χ0) is 9.97. The van der Waals surface area contributed by atoms with E-state index >= 15 is 0 Å². The van der Waals surface area contributed by atoms with Gasteiger partial charge in [0.15, 0.2) is 0 Å². The first-order chi connectivity index (χ1) is 6.77. The van der Waals surface area contributed by atoms with Crippen LogP contribution in [0.5, 0.6) is 0 Å². The van der Waals surface area contributed by atoms with Crippen LogP contribution in [-0.2, 0) is 0 Å². The molecular formula is C13H24O. The average Bonchev–Trinajstić information content (AvgIpc) is 2.77. The Bertz CT molecular complexity index is 172. The van der Waals surface area contributed by atoms with E-state index in [-0.39, 0.29) is 6.10 Å². The summed E-state index contributed by atoms with van der Waals surface area (Å²) in [5.41, 5.74) is 0. The van der Waals surface area contributed by atoms with Gasteiger partial charge in [-0.05, 0) is 37.0 Å². The van der Waals surface area contributed by atoms with Crippen LogP contribution in [0.15, 0.2) is 0 Å². The first-order valence-corrected chi connectivity index (χ1v) is 6.45. The molecule has 82 valence electrons. The Hall–Kier alpha value is -0.0400. The van der Waals surface area contributed by atoms with Crippen LogP contribution in [0.2, 0.25) is 0 Å². The van der Waals surface area contributed by atoms with Crippen LogP contribution in [0, 0.1) is 17.8 Å². The first-order valence-electron chi connectivity index (χ1n) is 6.45. The topological polar surface area (TPSA) is 20.2 Å². The molecule has 2 aliphatic carbocycles. The molecule has 0 aromatic rings. The van der Waals surface area contributed by atoms with Crippen molar-refractivity contribution >= 4 is 0 Å². The zero-order valence-corrected chi connectivity index (χ0v) is 9.41. The lowest BCUT2D eigenvalue weighted by Crippen LogP contribution is -2.15. The van der Waals surface area contributed by atoms with E-state index in [1.807, 2.05) is 0 Å². The first kappa shape index (κ1) is 10.5. The van der Waals surface area contributed by atoms with Crippen LogP contribution >= 0.6 is 0 Å². The van der Waals surface area contributed by atoms with E-state index in [1.165, 1.54) is 44.9 Å². The van der Waals surface area contributed by atoms with Gasteiger partial charge >= 0.3 is 0 Å². The van der Waals surface area contributed by atoms with Crippen LogP contribution in [-0.4, -0.2) is 11.2 Å². The number of hydrogen-bond donors (Lipinski definition) is 1. The second kappa shape index (κ2) is 4.65. The second-order valence-corrected chi connectivity index (χ2v) is 5.49. The van der Waals surface area contributed by atoms with Crippen LogP contribution in [0.3, 0.4) is 0 Å². The Labute approximate surface area is 87.9 Å². The summed E-state index contributed by atoms with van der Waals surface area (Å²) in [6.45, 7) is 2.23. The van der Waals surface area contributed by atoms with Gasteiger partial charge in [-0.1, -0.05) is 39.0 Å². The second-order valence-electron chi connectivity index (χ2n) is 5.49. The Morgan fingerprint density at radius 1 is 1.00 bits per heavy atom. The summed E-state index contributed by atoms with van der Waals surface area (Å²) in [4.78, 5) is 0. The smallest absolute Gasteiger partial charge is 0.0568 e. The third-order valence-electron chi connectivity index (χ3n) is 4.60. The van der Waals surface area contributed by atoms with Gasteiger partial charge in [-0.25, -0.2) is 0 Å². The van der Waals surface area contributed by atoms with Gasteiger partial charge in [0.1, 0.15) is 0 Å². The average molecular weight is 196 g/mol. The number of rotatable bonds is 3. The van der Waals surface area contributed by atoms with E-state index in [1.54, 1.807) is 0 Å². The van der Waals surface area contributed by atoms with Gasteiger partial charge in [0, 0.05) is 0 Å². The molecule has 0 spiro atoms. The quantitative estimate of drug-likeness (QED) is 0.734. The molecule has 2 aliphatic rings. The molecule has 0 radical (unpaired) electrons. The molecule has 3 unspecified atom stereocenters. The predicted molar refractivity (Wildman–Crippen MR) is 59.1 cm³/mol. The lowest BCUT2D eigenvalue weighted by Gasteiger charge is -2.19. The van der Waals surface area contributed by atoms with E-state index < -0.39 is 0 Å². The van der Waals surface area contributed by atoms with Crippen molar-refractivity contribution in [2.45, 2.75) is 64.4 Å². The van der Waals surface area contributed by atoms with Crippen molar-refractivity contribution in [1.82, 2.24) is 0 Å². The maximum Gasteiger partial charge on any atom is 0.0568 e. The Balaban J connectivity index is 1.70. The minimum absolute atomic E-state index is 0.00331. The third-order valence-corrected chi connectivity index (χ3v) is 4.60. The van der Waals surface area contributed by atoms with Crippen LogP contribution < -0.4 is 0 Å². The summed E-state index contributed by atoms with van der Waals surface area (Å²) in [5.74, 6) is 2.42. The molecule has 0 amide bonds. The van der Waals surface area contributed by atoms with Crippen LogP contribution in [0.25, 0.3) is 0 Å². The molecule has 2 rings (SSSR count). The molecule has 1 heteroatoms. The van der Waals surface area contributed by atoms with Crippen molar-refractivity contribution in [1.29, 1.82) is 0 Å². The van der Waals surface area contributed by atoms with Crippen molar-refractivity contribution in [3.05, 3.63) is 0 Å². The van der Waals surface area contributed by atoms with Gasteiger partial charge in [-0.3, -0.25) is 0 Å². The fourth-order valence-corrected chi connectivity index (χ4v) is 3.38. The summed E-state index contributed by atoms with van der Waals surface area (Å²) in [6.07, 6.45) is 11.0. The highest BCUT2D eigenvalue weighted by Gasteiger charge is 2.31. The van der Waals surface area contributed by atoms with Gasteiger partial charge in [0.05, 0.1) is 6.10 Å². The maximum atomic E-state index is 9.66. The lowest BCUT2D eigenvalue weighted by atomic mass is 9.88. The minimum atomic E-state index is 0.00331. The molecule has 0 aromatic carbocycles. The highest BCUT2D eigenvalue weighted by Crippen LogP contribution is 2.38. The molecule has 0 saturated heterocycles. The predicted octanol–water partition coefficient (Wildman–Crippen LogP) is 3.36. The lowest BCUT2D eigenvalue weighted by molar-refractivity contribution is 0.124. The standard InChI is InChI=1S/C13H24O/c1-10-12(8-9-13(10)14)7-6-11-4-2-3-5-11/h10-14H,2-9H2,1H3. The molecule has 2 fully saturated rings. The summed E-state index contributed by atoms with van der Waals surface area (Å²) < 4.78 is 0. The summed E-state index contributed by atoms with van der Waals surface area (Å²) in [7, 11) is 0. The molecule has 1 nitrogen and oxygen atoms in total. The molecule has 0 heterocycles. The SMILES string of the molecule is CC1C(O)CCC1CCC1CCCC1. The molecule has 0 aliphatic heterocycles. The number of aliphatic hydroxyl groups is 1. The van der Waals surface area contributed by atoms with Gasteiger partial charge in [-0.2, -0.15) is 0 Å². The Morgan fingerprint density at radius 3 is 2.29 bits per heavy atom. The fourth-order valence-electron chi connectivity index (χ4n) is 3.38. The molecule has 0 aromatic heterocycles. The van der Waals surface area contributed by atoms with Gasteiger partial charge in [0.2, 0.25) is 0 Å². The summed E-state index contributed by atoms with van der Waals surface area (Å²) in [5, 5.41) is 9.66. The van der Waals surface area contributed by atoms with Gasteiger partial charge in [0.25, 0.3) is 0 Å².